The number of hydrogen-bond acceptors (Lipinski definition) is 1. The third kappa shape index (κ3) is 2.96. The van der Waals surface area contributed by atoms with Gasteiger partial charge in [0.1, 0.15) is 5.69 Å². The van der Waals surface area contributed by atoms with Gasteiger partial charge in [-0.05, 0) is 68.3 Å². The molecule has 24 heavy (non-hydrogen) atoms. The minimum atomic E-state index is -0.105. The molecule has 2 aromatic carbocycles. The van der Waals surface area contributed by atoms with Gasteiger partial charge in [-0.3, -0.25) is 4.79 Å². The first-order valence-electron chi connectivity index (χ1n) is 7.78. The first-order valence-corrected chi connectivity index (χ1v) is 8.95. The fourth-order valence-electron chi connectivity index (χ4n) is 3.06. The number of fused-ring (bicyclic) bond motifs is 1. The number of nitrogens with one attached hydrogen (secondary N) is 1. The van der Waals surface area contributed by atoms with Crippen LogP contribution < -0.4 is 5.32 Å². The maximum absolute atomic E-state index is 12.9. The lowest BCUT2D eigenvalue weighted by Crippen LogP contribution is -2.18. The summed E-state index contributed by atoms with van der Waals surface area (Å²) in [5, 5.41) is 4.72. The van der Waals surface area contributed by atoms with E-state index in [2.05, 4.69) is 21.2 Å². The molecule has 0 aliphatic carbocycles. The molecule has 1 amide bonds. The number of carbonyl (C=O) groups excluding carboxylic acids is 1. The van der Waals surface area contributed by atoms with Crippen molar-refractivity contribution in [2.75, 3.05) is 5.32 Å². The Morgan fingerprint density at radius 1 is 1.21 bits per heavy atom. The molecule has 0 saturated carbocycles. The molecule has 1 heterocycles. The van der Waals surface area contributed by atoms with Crippen molar-refractivity contribution < 1.29 is 4.79 Å². The van der Waals surface area contributed by atoms with E-state index in [0.29, 0.717) is 17.3 Å². The van der Waals surface area contributed by atoms with Gasteiger partial charge < -0.3 is 9.88 Å². The molecule has 0 saturated heterocycles. The topological polar surface area (TPSA) is 34.0 Å². The number of rotatable bonds is 3. The van der Waals surface area contributed by atoms with Crippen molar-refractivity contribution >= 4 is 50.0 Å². The summed E-state index contributed by atoms with van der Waals surface area (Å²) in [6.45, 7) is 6.69. The van der Waals surface area contributed by atoms with Crippen molar-refractivity contribution in [2.45, 2.75) is 27.3 Å². The highest BCUT2D eigenvalue weighted by molar-refractivity contribution is 9.10. The first-order chi connectivity index (χ1) is 11.4. The van der Waals surface area contributed by atoms with Crippen molar-refractivity contribution in [1.29, 1.82) is 0 Å². The Morgan fingerprint density at radius 3 is 2.62 bits per heavy atom. The Labute approximate surface area is 154 Å². The van der Waals surface area contributed by atoms with Crippen LogP contribution in [-0.4, -0.2) is 10.5 Å². The number of carbonyl (C=O) groups is 1. The minimum absolute atomic E-state index is 0.105. The molecule has 1 aromatic heterocycles. The molecule has 1 N–H and O–H groups in total. The van der Waals surface area contributed by atoms with Crippen LogP contribution in [0.15, 0.2) is 40.9 Å². The van der Waals surface area contributed by atoms with E-state index in [4.69, 9.17) is 11.6 Å². The summed E-state index contributed by atoms with van der Waals surface area (Å²) in [4.78, 5) is 12.9. The van der Waals surface area contributed by atoms with Crippen LogP contribution in [0, 0.1) is 13.8 Å². The zero-order valence-corrected chi connectivity index (χ0v) is 16.1. The summed E-state index contributed by atoms with van der Waals surface area (Å²) < 4.78 is 3.02. The van der Waals surface area contributed by atoms with Crippen molar-refractivity contribution in [3.8, 4) is 0 Å². The zero-order valence-electron chi connectivity index (χ0n) is 13.8. The molecule has 0 aliphatic heterocycles. The van der Waals surface area contributed by atoms with Crippen LogP contribution in [0.5, 0.6) is 0 Å². The second-order valence-corrected chi connectivity index (χ2v) is 7.14. The first kappa shape index (κ1) is 17.1. The summed E-state index contributed by atoms with van der Waals surface area (Å²) in [6.07, 6.45) is 0. The van der Waals surface area contributed by atoms with E-state index in [9.17, 15) is 4.79 Å². The molecule has 3 rings (SSSR count). The second kappa shape index (κ2) is 6.61. The van der Waals surface area contributed by atoms with Gasteiger partial charge in [-0.1, -0.05) is 27.5 Å². The number of aryl methyl sites for hydroxylation is 3. The van der Waals surface area contributed by atoms with Gasteiger partial charge >= 0.3 is 0 Å². The van der Waals surface area contributed by atoms with E-state index in [1.165, 1.54) is 0 Å². The maximum atomic E-state index is 12.9. The number of halogens is 2. The van der Waals surface area contributed by atoms with Gasteiger partial charge in [0.25, 0.3) is 5.91 Å². The fraction of sp³-hybridized carbons (Fsp3) is 0.211. The molecule has 0 fully saturated rings. The second-order valence-electron chi connectivity index (χ2n) is 5.79. The average molecular weight is 406 g/mol. The van der Waals surface area contributed by atoms with Gasteiger partial charge in [0.05, 0.1) is 0 Å². The van der Waals surface area contributed by atoms with Crippen molar-refractivity contribution in [1.82, 2.24) is 4.57 Å². The third-order valence-corrected chi connectivity index (χ3v) is 4.97. The molecule has 124 valence electrons. The van der Waals surface area contributed by atoms with Crippen molar-refractivity contribution in [3.63, 3.8) is 0 Å². The summed E-state index contributed by atoms with van der Waals surface area (Å²) in [5.74, 6) is -0.105. The van der Waals surface area contributed by atoms with E-state index in [-0.39, 0.29) is 5.91 Å². The molecule has 0 unspecified atom stereocenters. The maximum Gasteiger partial charge on any atom is 0.272 e. The lowest BCUT2D eigenvalue weighted by atomic mass is 10.1. The third-order valence-electron chi connectivity index (χ3n) is 4.25. The highest BCUT2D eigenvalue weighted by Gasteiger charge is 2.20. The smallest absolute Gasteiger partial charge is 0.272 e. The quantitative estimate of drug-likeness (QED) is 0.574. The summed E-state index contributed by atoms with van der Waals surface area (Å²) >= 11 is 9.57. The number of aromatic nitrogens is 1. The van der Waals surface area contributed by atoms with E-state index >= 15 is 0 Å². The number of hydrogen-bond donors (Lipinski definition) is 1. The van der Waals surface area contributed by atoms with Gasteiger partial charge in [0, 0.05) is 32.6 Å². The van der Waals surface area contributed by atoms with Crippen molar-refractivity contribution in [3.05, 3.63) is 62.7 Å². The van der Waals surface area contributed by atoms with Crippen LogP contribution in [-0.2, 0) is 6.54 Å². The van der Waals surface area contributed by atoms with Crippen molar-refractivity contribution in [2.24, 2.45) is 0 Å². The highest BCUT2D eigenvalue weighted by Crippen LogP contribution is 2.29. The molecule has 5 heteroatoms. The van der Waals surface area contributed by atoms with Gasteiger partial charge in [0.2, 0.25) is 0 Å². The lowest BCUT2D eigenvalue weighted by Gasteiger charge is -2.12. The van der Waals surface area contributed by atoms with Gasteiger partial charge in [0.15, 0.2) is 0 Å². The molecule has 3 nitrogen and oxygen atoms in total. The summed E-state index contributed by atoms with van der Waals surface area (Å²) in [5.41, 5.74) is 4.47. The predicted octanol–water partition coefficient (Wildman–Crippen LogP) is 5.95. The Morgan fingerprint density at radius 2 is 1.96 bits per heavy atom. The molecule has 0 aliphatic rings. The Balaban J connectivity index is 2.08. The van der Waals surface area contributed by atoms with Crippen LogP contribution in [0.1, 0.15) is 28.5 Å². The molecule has 0 atom stereocenters. The number of nitrogens with zero attached hydrogens (tertiary/aromatic N) is 1. The van der Waals surface area contributed by atoms with Crippen LogP contribution in [0.4, 0.5) is 5.69 Å². The normalized spacial score (nSPS) is 11.0. The Hall–Kier alpha value is -1.78. The monoisotopic (exact) mass is 404 g/mol. The number of benzene rings is 2. The van der Waals surface area contributed by atoms with Crippen LogP contribution in [0.25, 0.3) is 10.9 Å². The van der Waals surface area contributed by atoms with Gasteiger partial charge in [-0.2, -0.15) is 0 Å². The summed E-state index contributed by atoms with van der Waals surface area (Å²) in [6, 6.07) is 11.6. The largest absolute Gasteiger partial charge is 0.337 e. The average Bonchev–Trinajstić information content (AvgIpc) is 2.82. The molecule has 3 aromatic rings. The standard InChI is InChI=1S/C19H18BrClN2O/c1-4-23-17-8-6-14(21)10-15(17)12(3)18(23)19(24)22-16-7-5-13(20)9-11(16)2/h5-10H,4H2,1-3H3,(H,22,24). The van der Waals surface area contributed by atoms with Crippen LogP contribution in [0.3, 0.4) is 0 Å². The van der Waals surface area contributed by atoms with E-state index in [0.717, 1.165) is 32.2 Å². The molecular weight excluding hydrogens is 388 g/mol. The molecule has 0 spiro atoms. The van der Waals surface area contributed by atoms with Crippen LogP contribution >= 0.6 is 27.5 Å². The molecular formula is C19H18BrClN2O. The zero-order chi connectivity index (χ0) is 17.4. The number of anilines is 1. The Kier molecular flexibility index (Phi) is 4.70. The Bertz CT molecular complexity index is 946. The summed E-state index contributed by atoms with van der Waals surface area (Å²) in [7, 11) is 0. The molecule has 0 bridgehead atoms. The SMILES string of the molecule is CCn1c(C(=O)Nc2ccc(Br)cc2C)c(C)c2cc(Cl)ccc21. The highest BCUT2D eigenvalue weighted by atomic mass is 79.9. The van der Waals surface area contributed by atoms with Gasteiger partial charge in [-0.15, -0.1) is 0 Å². The minimum Gasteiger partial charge on any atom is -0.337 e. The fourth-order valence-corrected chi connectivity index (χ4v) is 3.71. The van der Waals surface area contributed by atoms with Gasteiger partial charge in [-0.25, -0.2) is 0 Å². The lowest BCUT2D eigenvalue weighted by molar-refractivity contribution is 0.101. The predicted molar refractivity (Wildman–Crippen MR) is 104 cm³/mol. The number of amides is 1. The molecule has 0 radical (unpaired) electrons. The van der Waals surface area contributed by atoms with E-state index in [1.807, 2.05) is 61.7 Å². The van der Waals surface area contributed by atoms with E-state index < -0.39 is 0 Å². The van der Waals surface area contributed by atoms with Crippen LogP contribution in [0.2, 0.25) is 5.02 Å². The van der Waals surface area contributed by atoms with E-state index in [1.54, 1.807) is 0 Å².